The molecular weight excluding hydrogens is 274 g/mol. The van der Waals surface area contributed by atoms with E-state index in [1.165, 1.54) is 0 Å². The summed E-state index contributed by atoms with van der Waals surface area (Å²) in [4.78, 5) is 30.3. The first kappa shape index (κ1) is 15.0. The lowest BCUT2D eigenvalue weighted by atomic mass is 10.2. The highest BCUT2D eigenvalue weighted by Crippen LogP contribution is 2.29. The van der Waals surface area contributed by atoms with Crippen LogP contribution in [0.4, 0.5) is 16.3 Å². The van der Waals surface area contributed by atoms with Crippen molar-refractivity contribution in [1.82, 2.24) is 15.2 Å². The van der Waals surface area contributed by atoms with Gasteiger partial charge in [0.2, 0.25) is 5.82 Å². The minimum absolute atomic E-state index is 0.0453. The fourth-order valence-electron chi connectivity index (χ4n) is 2.38. The highest BCUT2D eigenvalue weighted by atomic mass is 16.6. The third kappa shape index (κ3) is 3.21. The van der Waals surface area contributed by atoms with Gasteiger partial charge in [0.15, 0.2) is 0 Å². The summed E-state index contributed by atoms with van der Waals surface area (Å²) in [6, 6.07) is 1.54. The van der Waals surface area contributed by atoms with Crippen LogP contribution in [0.25, 0.3) is 0 Å². The van der Waals surface area contributed by atoms with Crippen LogP contribution in [0.2, 0.25) is 0 Å². The van der Waals surface area contributed by atoms with Crippen LogP contribution < -0.4 is 10.2 Å². The maximum absolute atomic E-state index is 11.7. The Bertz CT molecular complexity index is 541. The van der Waals surface area contributed by atoms with Crippen LogP contribution in [0, 0.1) is 17.0 Å². The number of aryl methyl sites for hydroxylation is 1. The molecule has 2 heterocycles. The molecule has 0 spiro atoms. The lowest BCUT2D eigenvalue weighted by Crippen LogP contribution is -2.52. The molecule has 1 N–H and O–H groups in total. The van der Waals surface area contributed by atoms with Crippen molar-refractivity contribution >= 4 is 17.5 Å². The second-order valence-corrected chi connectivity index (χ2v) is 4.87. The number of pyridine rings is 1. The number of hydrogen-bond donors (Lipinski definition) is 1. The summed E-state index contributed by atoms with van der Waals surface area (Å²) in [5, 5.41) is 14.0. The van der Waals surface area contributed by atoms with E-state index in [-0.39, 0.29) is 11.7 Å². The summed E-state index contributed by atoms with van der Waals surface area (Å²) in [5.74, 6) is 0.385. The number of anilines is 1. The lowest BCUT2D eigenvalue weighted by Gasteiger charge is -2.35. The molecule has 1 aliphatic heterocycles. The second-order valence-electron chi connectivity index (χ2n) is 4.87. The number of nitrogens with one attached hydrogen (secondary N) is 1. The molecule has 0 aliphatic carbocycles. The fourth-order valence-corrected chi connectivity index (χ4v) is 2.38. The number of aromatic nitrogens is 1. The zero-order chi connectivity index (χ0) is 15.4. The van der Waals surface area contributed by atoms with Gasteiger partial charge in [-0.05, 0) is 19.9 Å². The van der Waals surface area contributed by atoms with Gasteiger partial charge in [-0.25, -0.2) is 9.78 Å². The van der Waals surface area contributed by atoms with Crippen LogP contribution in [0.1, 0.15) is 12.5 Å². The van der Waals surface area contributed by atoms with Crippen molar-refractivity contribution in [2.24, 2.45) is 0 Å². The molecule has 1 aromatic heterocycles. The SMILES string of the molecule is CCNC(=O)N1CCN(c2nccc(C)c2[N+](=O)[O-])CC1. The molecule has 0 saturated carbocycles. The van der Waals surface area contributed by atoms with Crippen molar-refractivity contribution < 1.29 is 9.72 Å². The van der Waals surface area contributed by atoms with E-state index in [2.05, 4.69) is 10.3 Å². The number of nitro groups is 1. The van der Waals surface area contributed by atoms with Gasteiger partial charge < -0.3 is 15.1 Å². The number of urea groups is 1. The van der Waals surface area contributed by atoms with Gasteiger partial charge in [0.1, 0.15) is 0 Å². The third-order valence-corrected chi connectivity index (χ3v) is 3.48. The van der Waals surface area contributed by atoms with Gasteiger partial charge in [0.05, 0.1) is 4.92 Å². The van der Waals surface area contributed by atoms with Gasteiger partial charge in [0.25, 0.3) is 0 Å². The van der Waals surface area contributed by atoms with Crippen LogP contribution in [-0.4, -0.2) is 53.6 Å². The Morgan fingerprint density at radius 3 is 2.67 bits per heavy atom. The van der Waals surface area contributed by atoms with E-state index in [9.17, 15) is 14.9 Å². The molecule has 2 amide bonds. The van der Waals surface area contributed by atoms with Gasteiger partial charge >= 0.3 is 11.7 Å². The molecule has 1 aromatic rings. The zero-order valence-corrected chi connectivity index (χ0v) is 12.2. The van der Waals surface area contributed by atoms with Crippen LogP contribution >= 0.6 is 0 Å². The van der Waals surface area contributed by atoms with Crippen molar-refractivity contribution in [2.45, 2.75) is 13.8 Å². The molecule has 1 aliphatic rings. The van der Waals surface area contributed by atoms with Crippen molar-refractivity contribution in [3.8, 4) is 0 Å². The van der Waals surface area contributed by atoms with Gasteiger partial charge in [0, 0.05) is 44.5 Å². The summed E-state index contributed by atoms with van der Waals surface area (Å²) in [5.41, 5.74) is 0.639. The molecular formula is C13H19N5O3. The molecule has 0 radical (unpaired) electrons. The molecule has 1 saturated heterocycles. The summed E-state index contributed by atoms with van der Waals surface area (Å²) in [6.07, 6.45) is 1.58. The van der Waals surface area contributed by atoms with Crippen molar-refractivity contribution in [3.63, 3.8) is 0 Å². The molecule has 0 unspecified atom stereocenters. The molecule has 1 fully saturated rings. The summed E-state index contributed by atoms with van der Waals surface area (Å²) >= 11 is 0. The van der Waals surface area contributed by atoms with E-state index >= 15 is 0 Å². The van der Waals surface area contributed by atoms with Crippen LogP contribution in [-0.2, 0) is 0 Å². The standard InChI is InChI=1S/C13H19N5O3/c1-3-14-13(19)17-8-6-16(7-9-17)12-11(18(20)21)10(2)4-5-15-12/h4-5H,3,6-9H2,1-2H3,(H,14,19). The average Bonchev–Trinajstić information content (AvgIpc) is 2.47. The van der Waals surface area contributed by atoms with E-state index in [1.807, 2.05) is 11.8 Å². The summed E-state index contributed by atoms with van der Waals surface area (Å²) in [6.45, 7) is 6.28. The highest BCUT2D eigenvalue weighted by Gasteiger charge is 2.27. The molecule has 0 atom stereocenters. The van der Waals surface area contributed by atoms with E-state index in [4.69, 9.17) is 0 Å². The Balaban J connectivity index is 2.11. The summed E-state index contributed by atoms with van der Waals surface area (Å²) < 4.78 is 0. The van der Waals surface area contributed by atoms with E-state index in [1.54, 1.807) is 24.1 Å². The summed E-state index contributed by atoms with van der Waals surface area (Å²) in [7, 11) is 0. The Morgan fingerprint density at radius 1 is 1.43 bits per heavy atom. The predicted octanol–water partition coefficient (Wildman–Crippen LogP) is 1.15. The number of amides is 2. The van der Waals surface area contributed by atoms with Gasteiger partial charge in [-0.2, -0.15) is 0 Å². The number of nitrogens with zero attached hydrogens (tertiary/aromatic N) is 4. The smallest absolute Gasteiger partial charge is 0.317 e. The molecule has 21 heavy (non-hydrogen) atoms. The van der Waals surface area contributed by atoms with Crippen LogP contribution in [0.3, 0.4) is 0 Å². The quantitative estimate of drug-likeness (QED) is 0.666. The van der Waals surface area contributed by atoms with Gasteiger partial charge in [-0.3, -0.25) is 10.1 Å². The monoisotopic (exact) mass is 293 g/mol. The molecule has 0 bridgehead atoms. The first-order valence-corrected chi connectivity index (χ1v) is 6.92. The first-order chi connectivity index (χ1) is 10.0. The van der Waals surface area contributed by atoms with Crippen molar-refractivity contribution in [2.75, 3.05) is 37.6 Å². The second kappa shape index (κ2) is 6.38. The number of carbonyl (C=O) groups is 1. The van der Waals surface area contributed by atoms with Gasteiger partial charge in [-0.15, -0.1) is 0 Å². The predicted molar refractivity (Wildman–Crippen MR) is 78.5 cm³/mol. The number of rotatable bonds is 3. The molecule has 0 aromatic carbocycles. The van der Waals surface area contributed by atoms with Crippen LogP contribution in [0.15, 0.2) is 12.3 Å². The largest absolute Gasteiger partial charge is 0.347 e. The first-order valence-electron chi connectivity index (χ1n) is 6.92. The Kier molecular flexibility index (Phi) is 4.56. The van der Waals surface area contributed by atoms with E-state index in [0.717, 1.165) is 0 Å². The molecule has 8 heteroatoms. The Hall–Kier alpha value is -2.38. The minimum Gasteiger partial charge on any atom is -0.347 e. The number of hydrogen-bond acceptors (Lipinski definition) is 5. The lowest BCUT2D eigenvalue weighted by molar-refractivity contribution is -0.384. The van der Waals surface area contributed by atoms with Crippen molar-refractivity contribution in [1.29, 1.82) is 0 Å². The molecule has 8 nitrogen and oxygen atoms in total. The van der Waals surface area contributed by atoms with Crippen molar-refractivity contribution in [3.05, 3.63) is 27.9 Å². The number of carbonyl (C=O) groups excluding carboxylic acids is 1. The number of piperazine rings is 1. The molecule has 2 rings (SSSR count). The fraction of sp³-hybridized carbons (Fsp3) is 0.538. The topological polar surface area (TPSA) is 91.6 Å². The maximum Gasteiger partial charge on any atom is 0.317 e. The minimum atomic E-state index is -0.395. The third-order valence-electron chi connectivity index (χ3n) is 3.48. The van der Waals surface area contributed by atoms with Crippen LogP contribution in [0.5, 0.6) is 0 Å². The Morgan fingerprint density at radius 2 is 2.10 bits per heavy atom. The normalized spacial score (nSPS) is 15.0. The maximum atomic E-state index is 11.7. The average molecular weight is 293 g/mol. The Labute approximate surface area is 122 Å². The van der Waals surface area contributed by atoms with Gasteiger partial charge in [-0.1, -0.05) is 0 Å². The zero-order valence-electron chi connectivity index (χ0n) is 12.2. The highest BCUT2D eigenvalue weighted by molar-refractivity contribution is 5.74. The van der Waals surface area contributed by atoms with E-state index < -0.39 is 4.92 Å². The molecule has 114 valence electrons. The van der Waals surface area contributed by atoms with E-state index in [0.29, 0.717) is 44.1 Å².